The van der Waals surface area contributed by atoms with Crippen LogP contribution < -0.4 is 5.32 Å². The number of ketones is 1. The number of anilines is 1. The molecule has 0 spiro atoms. The lowest BCUT2D eigenvalue weighted by Crippen LogP contribution is -2.12. The fraction of sp³-hybridized carbons (Fsp3) is 0.0500. The summed E-state index contributed by atoms with van der Waals surface area (Å²) >= 11 is 0. The van der Waals surface area contributed by atoms with E-state index in [0.717, 1.165) is 5.39 Å². The number of Topliss-reactive ketones (excluding diaryl/α,β-unsaturated/α-hetero) is 1. The number of carboxylic acids is 1. The van der Waals surface area contributed by atoms with Crippen LogP contribution in [0.15, 0.2) is 66.0 Å². The van der Waals surface area contributed by atoms with E-state index in [4.69, 9.17) is 9.84 Å². The SMILES string of the molecule is O=C(O)C1=C(Nc2ccc(CO)cc2)O/C(=C\c2c[nH]c3ncccc23)C1=O. The third-order valence-corrected chi connectivity index (χ3v) is 4.27. The Hall–Kier alpha value is -3.91. The van der Waals surface area contributed by atoms with Crippen molar-refractivity contribution in [3.8, 4) is 0 Å². The number of carbonyl (C=O) groups is 2. The van der Waals surface area contributed by atoms with Crippen LogP contribution in [0.2, 0.25) is 0 Å². The molecule has 0 aliphatic carbocycles. The van der Waals surface area contributed by atoms with Crippen LogP contribution >= 0.6 is 0 Å². The minimum atomic E-state index is -1.39. The number of carbonyl (C=O) groups excluding carboxylic acids is 1. The van der Waals surface area contributed by atoms with Crippen LogP contribution in [0, 0.1) is 0 Å². The van der Waals surface area contributed by atoms with Crippen molar-refractivity contribution >= 4 is 34.5 Å². The Labute approximate surface area is 158 Å². The predicted molar refractivity (Wildman–Crippen MR) is 101 cm³/mol. The molecule has 140 valence electrons. The molecule has 1 aliphatic rings. The van der Waals surface area contributed by atoms with Gasteiger partial charge in [-0.15, -0.1) is 0 Å². The van der Waals surface area contributed by atoms with Crippen molar-refractivity contribution in [3.63, 3.8) is 0 Å². The van der Waals surface area contributed by atoms with E-state index in [1.807, 2.05) is 6.07 Å². The summed E-state index contributed by atoms with van der Waals surface area (Å²) in [7, 11) is 0. The van der Waals surface area contributed by atoms with Gasteiger partial charge in [0.25, 0.3) is 0 Å². The zero-order valence-electron chi connectivity index (χ0n) is 14.5. The van der Waals surface area contributed by atoms with Gasteiger partial charge in [0.05, 0.1) is 6.61 Å². The first kappa shape index (κ1) is 17.5. The van der Waals surface area contributed by atoms with E-state index in [0.29, 0.717) is 22.5 Å². The van der Waals surface area contributed by atoms with Crippen molar-refractivity contribution in [3.05, 3.63) is 77.1 Å². The predicted octanol–water partition coefficient (Wildman–Crippen LogP) is 2.40. The molecular formula is C20H15N3O5. The second kappa shape index (κ2) is 7.01. The summed E-state index contributed by atoms with van der Waals surface area (Å²) < 4.78 is 5.55. The maximum absolute atomic E-state index is 12.6. The molecule has 0 unspecified atom stereocenters. The number of nitrogens with zero attached hydrogens (tertiary/aromatic N) is 1. The number of aliphatic carboxylic acids is 1. The van der Waals surface area contributed by atoms with E-state index in [-0.39, 0.29) is 18.2 Å². The highest BCUT2D eigenvalue weighted by Gasteiger charge is 2.36. The minimum absolute atomic E-state index is 0.100. The van der Waals surface area contributed by atoms with Gasteiger partial charge in [-0.05, 0) is 35.9 Å². The lowest BCUT2D eigenvalue weighted by Gasteiger charge is -2.08. The number of aliphatic hydroxyl groups is 1. The average molecular weight is 377 g/mol. The number of ether oxygens (including phenoxy) is 1. The molecule has 0 bridgehead atoms. The second-order valence-corrected chi connectivity index (χ2v) is 6.07. The first-order valence-electron chi connectivity index (χ1n) is 8.37. The number of allylic oxidation sites excluding steroid dienone is 1. The Morgan fingerprint density at radius 1 is 1.25 bits per heavy atom. The van der Waals surface area contributed by atoms with Crippen LogP contribution in [-0.4, -0.2) is 31.9 Å². The highest BCUT2D eigenvalue weighted by molar-refractivity contribution is 6.26. The Kier molecular flexibility index (Phi) is 4.38. The first-order valence-corrected chi connectivity index (χ1v) is 8.37. The molecule has 3 aromatic rings. The van der Waals surface area contributed by atoms with Gasteiger partial charge in [-0.2, -0.15) is 0 Å². The summed E-state index contributed by atoms with van der Waals surface area (Å²) in [6, 6.07) is 10.3. The number of aromatic nitrogens is 2. The summed E-state index contributed by atoms with van der Waals surface area (Å²) in [6.07, 6.45) is 4.79. The van der Waals surface area contributed by atoms with Gasteiger partial charge in [0.1, 0.15) is 5.65 Å². The van der Waals surface area contributed by atoms with Gasteiger partial charge in [0.2, 0.25) is 11.7 Å². The van der Waals surface area contributed by atoms with Crippen molar-refractivity contribution in [2.75, 3.05) is 5.32 Å². The van der Waals surface area contributed by atoms with Crippen LogP contribution in [0.3, 0.4) is 0 Å². The average Bonchev–Trinajstić information content (AvgIpc) is 3.24. The molecule has 1 aromatic carbocycles. The number of aromatic amines is 1. The number of aliphatic hydroxyl groups excluding tert-OH is 1. The van der Waals surface area contributed by atoms with Gasteiger partial charge in [0.15, 0.2) is 11.3 Å². The summed E-state index contributed by atoms with van der Waals surface area (Å²) in [5.41, 5.74) is 2.06. The topological polar surface area (TPSA) is 125 Å². The molecule has 0 atom stereocenters. The molecule has 0 saturated carbocycles. The summed E-state index contributed by atoms with van der Waals surface area (Å²) in [5, 5.41) is 22.2. The molecule has 0 saturated heterocycles. The van der Waals surface area contributed by atoms with Gasteiger partial charge >= 0.3 is 5.97 Å². The Morgan fingerprint density at radius 3 is 2.75 bits per heavy atom. The van der Waals surface area contributed by atoms with Crippen molar-refractivity contribution in [2.45, 2.75) is 6.61 Å². The Morgan fingerprint density at radius 2 is 2.04 bits per heavy atom. The largest absolute Gasteiger partial charge is 0.477 e. The van der Waals surface area contributed by atoms with E-state index in [2.05, 4.69) is 15.3 Å². The fourth-order valence-corrected chi connectivity index (χ4v) is 2.87. The number of fused-ring (bicyclic) bond motifs is 1. The van der Waals surface area contributed by atoms with Gasteiger partial charge < -0.3 is 25.3 Å². The summed E-state index contributed by atoms with van der Waals surface area (Å²) in [5.74, 6) is -2.36. The van der Waals surface area contributed by atoms with Crippen LogP contribution in [0.1, 0.15) is 11.1 Å². The molecule has 4 N–H and O–H groups in total. The lowest BCUT2D eigenvalue weighted by molar-refractivity contribution is -0.134. The number of hydrogen-bond donors (Lipinski definition) is 4. The van der Waals surface area contributed by atoms with E-state index >= 15 is 0 Å². The molecule has 0 radical (unpaired) electrons. The van der Waals surface area contributed by atoms with Crippen LogP contribution in [-0.2, 0) is 20.9 Å². The quantitative estimate of drug-likeness (QED) is 0.397. The monoisotopic (exact) mass is 377 g/mol. The Bertz CT molecular complexity index is 1140. The number of hydrogen-bond acceptors (Lipinski definition) is 6. The van der Waals surface area contributed by atoms with Gasteiger partial charge in [-0.1, -0.05) is 12.1 Å². The molecular weight excluding hydrogens is 362 g/mol. The van der Waals surface area contributed by atoms with E-state index < -0.39 is 17.3 Å². The molecule has 2 aromatic heterocycles. The van der Waals surface area contributed by atoms with Gasteiger partial charge in [0, 0.05) is 29.0 Å². The maximum Gasteiger partial charge on any atom is 0.345 e. The highest BCUT2D eigenvalue weighted by atomic mass is 16.5. The van der Waals surface area contributed by atoms with Crippen molar-refractivity contribution < 1.29 is 24.5 Å². The van der Waals surface area contributed by atoms with Crippen LogP contribution in [0.5, 0.6) is 0 Å². The fourth-order valence-electron chi connectivity index (χ4n) is 2.87. The van der Waals surface area contributed by atoms with Crippen LogP contribution in [0.4, 0.5) is 5.69 Å². The molecule has 4 rings (SSSR count). The number of pyridine rings is 1. The molecule has 28 heavy (non-hydrogen) atoms. The van der Waals surface area contributed by atoms with Crippen LogP contribution in [0.25, 0.3) is 17.1 Å². The highest BCUT2D eigenvalue weighted by Crippen LogP contribution is 2.29. The molecule has 3 heterocycles. The van der Waals surface area contributed by atoms with E-state index in [9.17, 15) is 14.7 Å². The van der Waals surface area contributed by atoms with Crippen molar-refractivity contribution in [1.29, 1.82) is 0 Å². The second-order valence-electron chi connectivity index (χ2n) is 6.07. The third kappa shape index (κ3) is 3.12. The minimum Gasteiger partial charge on any atom is -0.477 e. The standard InChI is InChI=1S/C20H15N3O5/c24-10-11-3-5-13(6-4-11)23-19-16(20(26)27)17(25)15(28-19)8-12-9-22-18-14(12)2-1-7-21-18/h1-9,23-24H,10H2,(H,21,22)(H,26,27)/b15-8-. The number of benzene rings is 1. The van der Waals surface area contributed by atoms with E-state index in [1.54, 1.807) is 42.7 Å². The van der Waals surface area contributed by atoms with Gasteiger partial charge in [-0.25, -0.2) is 9.78 Å². The zero-order valence-corrected chi connectivity index (χ0v) is 14.5. The number of nitrogens with one attached hydrogen (secondary N) is 2. The first-order chi connectivity index (χ1) is 13.6. The molecule has 1 aliphatic heterocycles. The lowest BCUT2D eigenvalue weighted by atomic mass is 10.1. The summed E-state index contributed by atoms with van der Waals surface area (Å²) in [4.78, 5) is 31.3. The van der Waals surface area contributed by atoms with Crippen molar-refractivity contribution in [1.82, 2.24) is 9.97 Å². The maximum atomic E-state index is 12.6. The van der Waals surface area contributed by atoms with Gasteiger partial charge in [-0.3, -0.25) is 4.79 Å². The smallest absolute Gasteiger partial charge is 0.345 e. The van der Waals surface area contributed by atoms with E-state index in [1.165, 1.54) is 6.08 Å². The molecule has 0 amide bonds. The number of H-pyrrole nitrogens is 1. The molecule has 8 heteroatoms. The zero-order chi connectivity index (χ0) is 19.7. The number of carboxylic acid groups (broad SMARTS) is 1. The normalized spacial score (nSPS) is 15.3. The number of rotatable bonds is 5. The van der Waals surface area contributed by atoms with Crippen molar-refractivity contribution in [2.24, 2.45) is 0 Å². The molecule has 0 fully saturated rings. The summed E-state index contributed by atoms with van der Waals surface area (Å²) in [6.45, 7) is -0.106. The third-order valence-electron chi connectivity index (χ3n) is 4.27. The Balaban J connectivity index is 1.66. The molecule has 8 nitrogen and oxygen atoms in total.